The SMILES string of the molecule is CCCN(CCOc1cccc(Br)c1)C1CNC1. The first-order valence-electron chi connectivity index (χ1n) is 6.62. The van der Waals surface area contributed by atoms with Crippen LogP contribution in [0.5, 0.6) is 5.75 Å². The van der Waals surface area contributed by atoms with Crippen LogP contribution in [0.15, 0.2) is 28.7 Å². The second-order valence-electron chi connectivity index (χ2n) is 4.65. The summed E-state index contributed by atoms with van der Waals surface area (Å²) < 4.78 is 6.85. The Hall–Kier alpha value is -0.580. The van der Waals surface area contributed by atoms with E-state index in [4.69, 9.17) is 4.74 Å². The summed E-state index contributed by atoms with van der Waals surface area (Å²) in [5, 5.41) is 3.33. The number of rotatable bonds is 7. The number of halogens is 1. The minimum Gasteiger partial charge on any atom is -0.492 e. The number of ether oxygens (including phenoxy) is 1. The first kappa shape index (κ1) is 13.8. The van der Waals surface area contributed by atoms with Crippen molar-refractivity contribution >= 4 is 15.9 Å². The Morgan fingerprint density at radius 1 is 1.39 bits per heavy atom. The van der Waals surface area contributed by atoms with Crippen LogP contribution in [0.25, 0.3) is 0 Å². The molecular weight excluding hydrogens is 292 g/mol. The number of nitrogens with one attached hydrogen (secondary N) is 1. The molecule has 0 amide bonds. The first-order chi connectivity index (χ1) is 8.79. The highest BCUT2D eigenvalue weighted by Crippen LogP contribution is 2.17. The molecule has 0 aromatic heterocycles. The van der Waals surface area contributed by atoms with Crippen LogP contribution in [0, 0.1) is 0 Å². The molecule has 1 heterocycles. The monoisotopic (exact) mass is 312 g/mol. The molecule has 1 aliphatic heterocycles. The van der Waals surface area contributed by atoms with Gasteiger partial charge in [0.2, 0.25) is 0 Å². The summed E-state index contributed by atoms with van der Waals surface area (Å²) in [6.45, 7) is 7.40. The molecule has 1 aromatic rings. The molecule has 0 saturated carbocycles. The van der Waals surface area contributed by atoms with Crippen molar-refractivity contribution in [2.45, 2.75) is 19.4 Å². The predicted molar refractivity (Wildman–Crippen MR) is 78.2 cm³/mol. The van der Waals surface area contributed by atoms with E-state index < -0.39 is 0 Å². The standard InChI is InChI=1S/C14H21BrN2O/c1-2-6-17(13-10-16-11-13)7-8-18-14-5-3-4-12(15)9-14/h3-5,9,13,16H,2,6-8,10-11H2,1H3. The summed E-state index contributed by atoms with van der Waals surface area (Å²) in [6, 6.07) is 8.72. The molecule has 4 heteroatoms. The van der Waals surface area contributed by atoms with Gasteiger partial charge in [-0.25, -0.2) is 0 Å². The smallest absolute Gasteiger partial charge is 0.120 e. The molecule has 100 valence electrons. The minimum absolute atomic E-state index is 0.705. The fourth-order valence-electron chi connectivity index (χ4n) is 2.13. The van der Waals surface area contributed by atoms with Gasteiger partial charge in [-0.05, 0) is 31.2 Å². The highest BCUT2D eigenvalue weighted by atomic mass is 79.9. The van der Waals surface area contributed by atoms with Crippen LogP contribution in [0.4, 0.5) is 0 Å². The van der Waals surface area contributed by atoms with Gasteiger partial charge in [0.1, 0.15) is 12.4 Å². The quantitative estimate of drug-likeness (QED) is 0.837. The van der Waals surface area contributed by atoms with E-state index in [9.17, 15) is 0 Å². The van der Waals surface area contributed by atoms with Crippen molar-refractivity contribution in [2.75, 3.05) is 32.8 Å². The topological polar surface area (TPSA) is 24.5 Å². The second kappa shape index (κ2) is 7.12. The third kappa shape index (κ3) is 3.97. The maximum atomic E-state index is 5.79. The largest absolute Gasteiger partial charge is 0.492 e. The highest BCUT2D eigenvalue weighted by molar-refractivity contribution is 9.10. The lowest BCUT2D eigenvalue weighted by atomic mass is 10.1. The van der Waals surface area contributed by atoms with Crippen LogP contribution in [-0.4, -0.2) is 43.7 Å². The van der Waals surface area contributed by atoms with Crippen molar-refractivity contribution < 1.29 is 4.74 Å². The van der Waals surface area contributed by atoms with Gasteiger partial charge in [-0.1, -0.05) is 28.9 Å². The van der Waals surface area contributed by atoms with Crippen LogP contribution >= 0.6 is 15.9 Å². The zero-order valence-corrected chi connectivity index (χ0v) is 12.4. The Balaban J connectivity index is 1.75. The highest BCUT2D eigenvalue weighted by Gasteiger charge is 2.23. The Kier molecular flexibility index (Phi) is 5.47. The van der Waals surface area contributed by atoms with Crippen LogP contribution in [0.1, 0.15) is 13.3 Å². The molecule has 0 spiro atoms. The molecule has 3 nitrogen and oxygen atoms in total. The van der Waals surface area contributed by atoms with Gasteiger partial charge < -0.3 is 10.1 Å². The molecule has 1 N–H and O–H groups in total. The Bertz CT molecular complexity index is 369. The molecule has 1 saturated heterocycles. The lowest BCUT2D eigenvalue weighted by Crippen LogP contribution is -2.58. The van der Waals surface area contributed by atoms with Gasteiger partial charge in [0.15, 0.2) is 0 Å². The molecule has 1 fully saturated rings. The van der Waals surface area contributed by atoms with Gasteiger partial charge >= 0.3 is 0 Å². The number of nitrogens with zero attached hydrogens (tertiary/aromatic N) is 1. The number of hydrogen-bond donors (Lipinski definition) is 1. The Morgan fingerprint density at radius 2 is 2.22 bits per heavy atom. The molecular formula is C14H21BrN2O. The molecule has 0 radical (unpaired) electrons. The van der Waals surface area contributed by atoms with E-state index in [-0.39, 0.29) is 0 Å². The van der Waals surface area contributed by atoms with Crippen LogP contribution in [-0.2, 0) is 0 Å². The lowest BCUT2D eigenvalue weighted by Gasteiger charge is -2.38. The van der Waals surface area contributed by atoms with Gasteiger partial charge in [-0.15, -0.1) is 0 Å². The summed E-state index contributed by atoms with van der Waals surface area (Å²) in [6.07, 6.45) is 1.20. The minimum atomic E-state index is 0.705. The molecule has 0 bridgehead atoms. The normalized spacial score (nSPS) is 15.7. The van der Waals surface area contributed by atoms with Crippen molar-refractivity contribution in [3.05, 3.63) is 28.7 Å². The zero-order chi connectivity index (χ0) is 12.8. The lowest BCUT2D eigenvalue weighted by molar-refractivity contribution is 0.122. The van der Waals surface area contributed by atoms with Gasteiger partial charge in [-0.3, -0.25) is 4.90 Å². The van der Waals surface area contributed by atoms with E-state index >= 15 is 0 Å². The molecule has 18 heavy (non-hydrogen) atoms. The fourth-order valence-corrected chi connectivity index (χ4v) is 2.51. The van der Waals surface area contributed by atoms with Gasteiger partial charge in [0.25, 0.3) is 0 Å². The molecule has 0 unspecified atom stereocenters. The maximum Gasteiger partial charge on any atom is 0.120 e. The molecule has 2 rings (SSSR count). The first-order valence-corrected chi connectivity index (χ1v) is 7.42. The third-order valence-corrected chi connectivity index (χ3v) is 3.72. The van der Waals surface area contributed by atoms with Crippen LogP contribution in [0.2, 0.25) is 0 Å². The van der Waals surface area contributed by atoms with Crippen molar-refractivity contribution in [3.8, 4) is 5.75 Å². The van der Waals surface area contributed by atoms with E-state index in [0.29, 0.717) is 6.04 Å². The molecule has 1 aliphatic rings. The second-order valence-corrected chi connectivity index (χ2v) is 5.57. The van der Waals surface area contributed by atoms with E-state index in [1.54, 1.807) is 0 Å². The number of benzene rings is 1. The Labute approximate surface area is 118 Å². The average molecular weight is 313 g/mol. The maximum absolute atomic E-state index is 5.79. The predicted octanol–water partition coefficient (Wildman–Crippen LogP) is 2.51. The average Bonchev–Trinajstić information content (AvgIpc) is 2.27. The van der Waals surface area contributed by atoms with Crippen LogP contribution in [0.3, 0.4) is 0 Å². The zero-order valence-electron chi connectivity index (χ0n) is 10.9. The van der Waals surface area contributed by atoms with Gasteiger partial charge in [0.05, 0.1) is 0 Å². The van der Waals surface area contributed by atoms with Crippen molar-refractivity contribution in [2.24, 2.45) is 0 Å². The van der Waals surface area contributed by atoms with E-state index in [2.05, 4.69) is 33.1 Å². The summed E-state index contributed by atoms with van der Waals surface area (Å²) in [7, 11) is 0. The van der Waals surface area contributed by atoms with Gasteiger partial charge in [-0.2, -0.15) is 0 Å². The molecule has 1 aromatic carbocycles. The summed E-state index contributed by atoms with van der Waals surface area (Å²) >= 11 is 3.45. The molecule has 0 aliphatic carbocycles. The molecule has 0 atom stereocenters. The van der Waals surface area contributed by atoms with Crippen molar-refractivity contribution in [3.63, 3.8) is 0 Å². The third-order valence-electron chi connectivity index (χ3n) is 3.23. The summed E-state index contributed by atoms with van der Waals surface area (Å²) in [5.41, 5.74) is 0. The Morgan fingerprint density at radius 3 is 2.83 bits per heavy atom. The fraction of sp³-hybridized carbons (Fsp3) is 0.571. The van der Waals surface area contributed by atoms with E-state index in [1.165, 1.54) is 6.42 Å². The van der Waals surface area contributed by atoms with Crippen molar-refractivity contribution in [1.82, 2.24) is 10.2 Å². The van der Waals surface area contributed by atoms with Gasteiger partial charge in [0, 0.05) is 30.1 Å². The summed E-state index contributed by atoms with van der Waals surface area (Å²) in [4.78, 5) is 2.52. The van der Waals surface area contributed by atoms with Crippen molar-refractivity contribution in [1.29, 1.82) is 0 Å². The summed E-state index contributed by atoms with van der Waals surface area (Å²) in [5.74, 6) is 0.938. The van der Waals surface area contributed by atoms with E-state index in [0.717, 1.165) is 43.0 Å². The van der Waals surface area contributed by atoms with E-state index in [1.807, 2.05) is 24.3 Å². The number of hydrogen-bond acceptors (Lipinski definition) is 3. The van der Waals surface area contributed by atoms with Crippen LogP contribution < -0.4 is 10.1 Å².